The van der Waals surface area contributed by atoms with Gasteiger partial charge in [-0.05, 0) is 42.5 Å². The summed E-state index contributed by atoms with van der Waals surface area (Å²) in [6.07, 6.45) is 1.08. The number of benzene rings is 2. The van der Waals surface area contributed by atoms with Crippen molar-refractivity contribution in [2.24, 2.45) is 5.10 Å². The number of rotatable bonds is 9. The van der Waals surface area contributed by atoms with E-state index in [0.717, 1.165) is 24.4 Å². The van der Waals surface area contributed by atoms with Crippen molar-refractivity contribution in [1.82, 2.24) is 0 Å². The molecule has 0 bridgehead atoms. The average molecular weight is 461 g/mol. The van der Waals surface area contributed by atoms with Crippen molar-refractivity contribution in [3.05, 3.63) is 80.6 Å². The molecular weight excluding hydrogens is 446 g/mol. The Hall–Kier alpha value is -4.46. The van der Waals surface area contributed by atoms with Gasteiger partial charge in [-0.15, -0.1) is 0 Å². The summed E-state index contributed by atoms with van der Waals surface area (Å²) in [6.45, 7) is 0. The van der Waals surface area contributed by atoms with Gasteiger partial charge in [0.2, 0.25) is 0 Å². The molecule has 14 heteroatoms. The lowest BCUT2D eigenvalue weighted by Crippen LogP contribution is -2.13. The summed E-state index contributed by atoms with van der Waals surface area (Å²) >= 11 is 0. The summed E-state index contributed by atoms with van der Waals surface area (Å²) in [5.41, 5.74) is 1.98. The molecule has 1 aromatic heterocycles. The zero-order valence-corrected chi connectivity index (χ0v) is 17.1. The molecule has 13 nitrogen and oxygen atoms in total. The molecule has 0 amide bonds. The lowest BCUT2D eigenvalue weighted by molar-refractivity contribution is -0.402. The molecule has 0 spiro atoms. The van der Waals surface area contributed by atoms with Crippen LogP contribution in [-0.4, -0.2) is 31.6 Å². The van der Waals surface area contributed by atoms with E-state index in [4.69, 9.17) is 9.15 Å². The van der Waals surface area contributed by atoms with Crippen molar-refractivity contribution in [2.45, 2.75) is 4.90 Å². The van der Waals surface area contributed by atoms with E-state index < -0.39 is 31.4 Å². The predicted molar refractivity (Wildman–Crippen MR) is 113 cm³/mol. The number of hydrogen-bond acceptors (Lipinski definition) is 10. The second kappa shape index (κ2) is 9.13. The maximum Gasteiger partial charge on any atom is 0.433 e. The van der Waals surface area contributed by atoms with Crippen LogP contribution in [0.25, 0.3) is 0 Å². The molecule has 166 valence electrons. The van der Waals surface area contributed by atoms with Crippen LogP contribution in [0, 0.1) is 20.2 Å². The summed E-state index contributed by atoms with van der Waals surface area (Å²) in [6, 6.07) is 11.7. The van der Waals surface area contributed by atoms with Crippen LogP contribution in [0.5, 0.6) is 5.75 Å². The highest BCUT2D eigenvalue weighted by Gasteiger charge is 2.21. The topological polar surface area (TPSA) is 179 Å². The molecule has 0 saturated heterocycles. The Morgan fingerprint density at radius 3 is 2.34 bits per heavy atom. The fourth-order valence-corrected chi connectivity index (χ4v) is 3.55. The van der Waals surface area contributed by atoms with E-state index in [0.29, 0.717) is 5.75 Å². The van der Waals surface area contributed by atoms with Gasteiger partial charge in [-0.3, -0.25) is 30.4 Å². The van der Waals surface area contributed by atoms with Gasteiger partial charge in [0.25, 0.3) is 15.7 Å². The lowest BCUT2D eigenvalue weighted by Gasteiger charge is -2.10. The molecule has 32 heavy (non-hydrogen) atoms. The molecule has 3 aromatic rings. The second-order valence-corrected chi connectivity index (χ2v) is 7.76. The van der Waals surface area contributed by atoms with Gasteiger partial charge in [0.15, 0.2) is 5.76 Å². The minimum absolute atomic E-state index is 0.0368. The van der Waals surface area contributed by atoms with Gasteiger partial charge < -0.3 is 9.15 Å². The smallest absolute Gasteiger partial charge is 0.433 e. The third-order valence-electron chi connectivity index (χ3n) is 3.99. The minimum Gasteiger partial charge on any atom is -0.497 e. The average Bonchev–Trinajstić information content (AvgIpc) is 3.23. The summed E-state index contributed by atoms with van der Waals surface area (Å²) in [5, 5.41) is 25.8. The number of sulfonamides is 1. The lowest BCUT2D eigenvalue weighted by atomic mass is 10.3. The van der Waals surface area contributed by atoms with Crippen LogP contribution in [0.1, 0.15) is 5.76 Å². The Kier molecular flexibility index (Phi) is 6.34. The summed E-state index contributed by atoms with van der Waals surface area (Å²) in [5.74, 6) is 0.0785. The van der Waals surface area contributed by atoms with E-state index in [1.807, 2.05) is 0 Å². The number of nitrogens with one attached hydrogen (secondary N) is 2. The molecule has 0 radical (unpaired) electrons. The molecule has 0 aliphatic rings. The largest absolute Gasteiger partial charge is 0.497 e. The molecular formula is C18H15N5O8S. The third-order valence-corrected chi connectivity index (χ3v) is 5.37. The zero-order valence-electron chi connectivity index (χ0n) is 16.3. The Balaban J connectivity index is 1.80. The van der Waals surface area contributed by atoms with Crippen molar-refractivity contribution in [2.75, 3.05) is 17.3 Å². The van der Waals surface area contributed by atoms with Crippen LogP contribution < -0.4 is 14.9 Å². The van der Waals surface area contributed by atoms with Crippen molar-refractivity contribution >= 4 is 39.2 Å². The van der Waals surface area contributed by atoms with E-state index in [9.17, 15) is 28.6 Å². The number of methoxy groups -OCH3 is 1. The Labute approximate surface area is 180 Å². The molecule has 1 heterocycles. The molecule has 0 fully saturated rings. The Morgan fingerprint density at radius 1 is 1.03 bits per heavy atom. The SMILES string of the molecule is COc1ccc(NS(=O)(=O)c2ccc(N/N=C/c3ccc([N+](=O)[O-])o3)c([N+](=O)[O-])c2)cc1. The van der Waals surface area contributed by atoms with Gasteiger partial charge in [0.1, 0.15) is 16.4 Å². The van der Waals surface area contributed by atoms with Gasteiger partial charge in [0.05, 0.1) is 29.2 Å². The number of ether oxygens (including phenoxy) is 1. The number of anilines is 2. The summed E-state index contributed by atoms with van der Waals surface area (Å²) < 4.78 is 37.4. The van der Waals surface area contributed by atoms with E-state index in [-0.39, 0.29) is 22.0 Å². The zero-order chi connectivity index (χ0) is 23.3. The van der Waals surface area contributed by atoms with Crippen molar-refractivity contribution in [3.8, 4) is 5.75 Å². The number of furan rings is 1. The van der Waals surface area contributed by atoms with E-state index >= 15 is 0 Å². The summed E-state index contributed by atoms with van der Waals surface area (Å²) in [7, 11) is -2.65. The fraction of sp³-hybridized carbons (Fsp3) is 0.0556. The van der Waals surface area contributed by atoms with Gasteiger partial charge >= 0.3 is 5.88 Å². The number of hydrazone groups is 1. The number of nitrogens with zero attached hydrogens (tertiary/aromatic N) is 3. The number of nitro benzene ring substituents is 1. The maximum atomic E-state index is 12.6. The van der Waals surface area contributed by atoms with Crippen molar-refractivity contribution < 1.29 is 27.4 Å². The molecule has 0 aliphatic heterocycles. The van der Waals surface area contributed by atoms with Crippen molar-refractivity contribution in [3.63, 3.8) is 0 Å². The van der Waals surface area contributed by atoms with Gasteiger partial charge in [0, 0.05) is 11.8 Å². The van der Waals surface area contributed by atoms with Crippen LogP contribution in [0.15, 0.2) is 69.0 Å². The standard InChI is InChI=1S/C18H15N5O8S/c1-30-13-4-2-12(3-5-13)21-32(28,29)15-7-8-16(17(10-15)22(24)25)20-19-11-14-6-9-18(31-14)23(26)27/h2-11,20-21H,1H3/b19-11+. The highest BCUT2D eigenvalue weighted by atomic mass is 32.2. The molecule has 0 atom stereocenters. The van der Waals surface area contributed by atoms with Crippen LogP contribution in [0.3, 0.4) is 0 Å². The van der Waals surface area contributed by atoms with Crippen LogP contribution in [0.4, 0.5) is 22.9 Å². The van der Waals surface area contributed by atoms with Crippen molar-refractivity contribution in [1.29, 1.82) is 0 Å². The molecule has 3 rings (SSSR count). The van der Waals surface area contributed by atoms with Crippen LogP contribution in [-0.2, 0) is 10.0 Å². The van der Waals surface area contributed by atoms with Crippen LogP contribution >= 0.6 is 0 Å². The molecule has 0 saturated carbocycles. The number of hydrogen-bond donors (Lipinski definition) is 2. The third kappa shape index (κ3) is 5.17. The first-order valence-electron chi connectivity index (χ1n) is 8.68. The Morgan fingerprint density at radius 2 is 1.75 bits per heavy atom. The maximum absolute atomic E-state index is 12.6. The monoisotopic (exact) mass is 461 g/mol. The first-order valence-corrected chi connectivity index (χ1v) is 10.2. The molecule has 2 aromatic carbocycles. The van der Waals surface area contributed by atoms with Gasteiger partial charge in [-0.2, -0.15) is 5.10 Å². The Bertz CT molecular complexity index is 1280. The second-order valence-electron chi connectivity index (χ2n) is 6.07. The van der Waals surface area contributed by atoms with E-state index in [1.165, 1.54) is 31.4 Å². The highest BCUT2D eigenvalue weighted by molar-refractivity contribution is 7.92. The van der Waals surface area contributed by atoms with E-state index in [2.05, 4.69) is 15.2 Å². The first kappa shape index (κ1) is 22.2. The fourth-order valence-electron chi connectivity index (χ4n) is 2.47. The molecule has 0 unspecified atom stereocenters. The van der Waals surface area contributed by atoms with Gasteiger partial charge in [-0.25, -0.2) is 8.42 Å². The molecule has 0 aliphatic carbocycles. The van der Waals surface area contributed by atoms with E-state index in [1.54, 1.807) is 12.1 Å². The first-order chi connectivity index (χ1) is 15.2. The normalized spacial score (nSPS) is 11.3. The highest BCUT2D eigenvalue weighted by Crippen LogP contribution is 2.29. The summed E-state index contributed by atoms with van der Waals surface area (Å²) in [4.78, 5) is 20.2. The van der Waals surface area contributed by atoms with Gasteiger partial charge in [-0.1, -0.05) is 0 Å². The minimum atomic E-state index is -4.11. The quantitative estimate of drug-likeness (QED) is 0.274. The molecule has 2 N–H and O–H groups in total. The van der Waals surface area contributed by atoms with Crippen LogP contribution in [0.2, 0.25) is 0 Å². The number of nitro groups is 2. The predicted octanol–water partition coefficient (Wildman–Crippen LogP) is 3.35.